The second kappa shape index (κ2) is 6.37. The van der Waals surface area contributed by atoms with Crippen molar-refractivity contribution >= 4 is 55.9 Å². The maximum absolute atomic E-state index is 6.12. The number of aryl methyl sites for hydroxylation is 1. The Labute approximate surface area is 139 Å². The fraction of sp³-hybridized carbons (Fsp3) is 0.231. The molecule has 3 nitrogen and oxygen atoms in total. The smallest absolute Gasteiger partial charge is 0.161 e. The molecule has 0 bridgehead atoms. The molecule has 0 fully saturated rings. The molecule has 0 radical (unpaired) electrons. The molecule has 100 valence electrons. The van der Waals surface area contributed by atoms with Gasteiger partial charge in [-0.05, 0) is 70.6 Å². The molecule has 0 aliphatic heterocycles. The largest absolute Gasteiger partial charge is 0.369 e. The minimum atomic E-state index is 0.655. The number of halogens is 3. The molecule has 0 spiro atoms. The zero-order chi connectivity index (χ0) is 14.0. The summed E-state index contributed by atoms with van der Waals surface area (Å²) in [7, 11) is 0. The quantitative estimate of drug-likeness (QED) is 0.673. The van der Waals surface area contributed by atoms with Gasteiger partial charge in [-0.1, -0.05) is 11.6 Å². The molecule has 1 N–H and O–H groups in total. The van der Waals surface area contributed by atoms with E-state index in [2.05, 4.69) is 53.8 Å². The highest BCUT2D eigenvalue weighted by Gasteiger charge is 2.11. The van der Waals surface area contributed by atoms with E-state index < -0.39 is 0 Å². The summed E-state index contributed by atoms with van der Waals surface area (Å²) in [6.07, 6.45) is 0. The van der Waals surface area contributed by atoms with Crippen LogP contribution in [0.5, 0.6) is 0 Å². The van der Waals surface area contributed by atoms with Gasteiger partial charge in [-0.3, -0.25) is 0 Å². The molecule has 0 aliphatic rings. The van der Waals surface area contributed by atoms with Crippen LogP contribution >= 0.6 is 50.1 Å². The maximum Gasteiger partial charge on any atom is 0.161 e. The van der Waals surface area contributed by atoms with Crippen LogP contribution in [-0.2, 0) is 0 Å². The van der Waals surface area contributed by atoms with Gasteiger partial charge >= 0.3 is 0 Å². The van der Waals surface area contributed by atoms with E-state index in [0.29, 0.717) is 10.8 Å². The molecule has 0 amide bonds. The Bertz CT molecular complexity index is 619. The molecule has 0 saturated heterocycles. The summed E-state index contributed by atoms with van der Waals surface area (Å²) in [6, 6.07) is 5.72. The van der Waals surface area contributed by atoms with E-state index in [1.165, 1.54) is 0 Å². The van der Waals surface area contributed by atoms with Crippen molar-refractivity contribution in [1.29, 1.82) is 0 Å². The normalized spacial score (nSPS) is 10.6. The van der Waals surface area contributed by atoms with E-state index in [9.17, 15) is 0 Å². The molecule has 2 rings (SSSR count). The van der Waals surface area contributed by atoms with Crippen molar-refractivity contribution in [3.8, 4) is 11.4 Å². The van der Waals surface area contributed by atoms with Crippen LogP contribution < -0.4 is 5.32 Å². The second-order valence-corrected chi connectivity index (χ2v) is 6.29. The standard InChI is InChI=1S/C13H12BrClIN3/c1-3-17-13-11(16)7(2)18-12(19-13)8-4-5-9(14)10(15)6-8/h4-6H,3H2,1-2H3,(H,17,18,19). The summed E-state index contributed by atoms with van der Waals surface area (Å²) in [5, 5.41) is 3.91. The van der Waals surface area contributed by atoms with Crippen LogP contribution in [0.3, 0.4) is 0 Å². The minimum Gasteiger partial charge on any atom is -0.369 e. The Balaban J connectivity index is 2.52. The van der Waals surface area contributed by atoms with E-state index in [0.717, 1.165) is 31.7 Å². The van der Waals surface area contributed by atoms with E-state index in [1.807, 2.05) is 32.0 Å². The molecular weight excluding hydrogens is 440 g/mol. The predicted molar refractivity (Wildman–Crippen MR) is 91.8 cm³/mol. The number of hydrogen-bond donors (Lipinski definition) is 1. The SMILES string of the molecule is CCNc1nc(-c2ccc(Br)c(Cl)c2)nc(C)c1I. The van der Waals surface area contributed by atoms with Gasteiger partial charge in [0.25, 0.3) is 0 Å². The zero-order valence-corrected chi connectivity index (χ0v) is 15.0. The van der Waals surface area contributed by atoms with Gasteiger partial charge in [0.05, 0.1) is 14.3 Å². The Hall–Kier alpha value is -0.400. The van der Waals surface area contributed by atoms with E-state index in [-0.39, 0.29) is 0 Å². The third-order valence-electron chi connectivity index (χ3n) is 2.54. The fourth-order valence-electron chi connectivity index (χ4n) is 1.61. The van der Waals surface area contributed by atoms with E-state index in [4.69, 9.17) is 11.6 Å². The Kier molecular flexibility index (Phi) is 5.03. The van der Waals surface area contributed by atoms with Crippen molar-refractivity contribution in [3.63, 3.8) is 0 Å². The molecule has 6 heteroatoms. The van der Waals surface area contributed by atoms with Crippen LogP contribution in [0, 0.1) is 10.5 Å². The van der Waals surface area contributed by atoms with Crippen molar-refractivity contribution in [3.05, 3.63) is 37.0 Å². The molecule has 2 aromatic rings. The van der Waals surface area contributed by atoms with Crippen molar-refractivity contribution in [1.82, 2.24) is 9.97 Å². The number of hydrogen-bond acceptors (Lipinski definition) is 3. The Morgan fingerprint density at radius 2 is 2.11 bits per heavy atom. The van der Waals surface area contributed by atoms with Crippen LogP contribution in [0.1, 0.15) is 12.6 Å². The van der Waals surface area contributed by atoms with Crippen LogP contribution in [0.2, 0.25) is 5.02 Å². The van der Waals surface area contributed by atoms with Gasteiger partial charge < -0.3 is 5.32 Å². The van der Waals surface area contributed by atoms with Crippen LogP contribution in [0.4, 0.5) is 5.82 Å². The average Bonchev–Trinajstić information content (AvgIpc) is 2.38. The van der Waals surface area contributed by atoms with E-state index in [1.54, 1.807) is 0 Å². The maximum atomic E-state index is 6.12. The number of aromatic nitrogens is 2. The van der Waals surface area contributed by atoms with Gasteiger partial charge in [-0.2, -0.15) is 0 Å². The highest BCUT2D eigenvalue weighted by molar-refractivity contribution is 14.1. The number of anilines is 1. The summed E-state index contributed by atoms with van der Waals surface area (Å²) >= 11 is 11.8. The lowest BCUT2D eigenvalue weighted by Crippen LogP contribution is -2.06. The Morgan fingerprint density at radius 1 is 1.37 bits per heavy atom. The summed E-state index contributed by atoms with van der Waals surface area (Å²) in [5.41, 5.74) is 1.87. The molecule has 0 atom stereocenters. The van der Waals surface area contributed by atoms with Gasteiger partial charge in [0.1, 0.15) is 5.82 Å². The lowest BCUT2D eigenvalue weighted by atomic mass is 10.2. The van der Waals surface area contributed by atoms with Crippen molar-refractivity contribution in [2.45, 2.75) is 13.8 Å². The molecule has 1 heterocycles. The van der Waals surface area contributed by atoms with Crippen LogP contribution in [-0.4, -0.2) is 16.5 Å². The lowest BCUT2D eigenvalue weighted by molar-refractivity contribution is 1.06. The second-order valence-electron chi connectivity index (χ2n) is 3.95. The first-order chi connectivity index (χ1) is 9.02. The van der Waals surface area contributed by atoms with Gasteiger partial charge in [-0.25, -0.2) is 9.97 Å². The molecule has 0 saturated carbocycles. The summed E-state index contributed by atoms with van der Waals surface area (Å²) in [5.74, 6) is 1.55. The van der Waals surface area contributed by atoms with Crippen LogP contribution in [0.25, 0.3) is 11.4 Å². The van der Waals surface area contributed by atoms with E-state index >= 15 is 0 Å². The molecule has 0 unspecified atom stereocenters. The van der Waals surface area contributed by atoms with Gasteiger partial charge in [-0.15, -0.1) is 0 Å². The molecule has 0 aliphatic carbocycles. The average molecular weight is 453 g/mol. The Morgan fingerprint density at radius 3 is 2.74 bits per heavy atom. The van der Waals surface area contributed by atoms with Gasteiger partial charge in [0.2, 0.25) is 0 Å². The third kappa shape index (κ3) is 3.38. The fourth-order valence-corrected chi connectivity index (χ4v) is 2.47. The van der Waals surface area contributed by atoms with Crippen LogP contribution in [0.15, 0.2) is 22.7 Å². The molecule has 1 aromatic carbocycles. The highest BCUT2D eigenvalue weighted by Crippen LogP contribution is 2.29. The number of nitrogens with zero attached hydrogens (tertiary/aromatic N) is 2. The van der Waals surface area contributed by atoms with Crippen molar-refractivity contribution in [2.75, 3.05) is 11.9 Å². The van der Waals surface area contributed by atoms with Gasteiger partial charge in [0.15, 0.2) is 5.82 Å². The first-order valence-electron chi connectivity index (χ1n) is 5.76. The molecule has 19 heavy (non-hydrogen) atoms. The van der Waals surface area contributed by atoms with Gasteiger partial charge in [0, 0.05) is 16.6 Å². The zero-order valence-electron chi connectivity index (χ0n) is 10.5. The molecule has 1 aromatic heterocycles. The first kappa shape index (κ1) is 15.0. The summed E-state index contributed by atoms with van der Waals surface area (Å²) in [6.45, 7) is 4.85. The minimum absolute atomic E-state index is 0.655. The summed E-state index contributed by atoms with van der Waals surface area (Å²) in [4.78, 5) is 9.08. The topological polar surface area (TPSA) is 37.8 Å². The number of nitrogens with one attached hydrogen (secondary N) is 1. The monoisotopic (exact) mass is 451 g/mol. The first-order valence-corrected chi connectivity index (χ1v) is 8.01. The third-order valence-corrected chi connectivity index (χ3v) is 5.06. The van der Waals surface area contributed by atoms with Crippen molar-refractivity contribution < 1.29 is 0 Å². The molecular formula is C13H12BrClIN3. The predicted octanol–water partition coefficient (Wildman–Crippen LogP) is 4.90. The lowest BCUT2D eigenvalue weighted by Gasteiger charge is -2.10. The number of rotatable bonds is 3. The van der Waals surface area contributed by atoms with Crippen molar-refractivity contribution in [2.24, 2.45) is 0 Å². The highest BCUT2D eigenvalue weighted by atomic mass is 127. The number of benzene rings is 1. The summed E-state index contributed by atoms with van der Waals surface area (Å²) < 4.78 is 1.92.